The fourth-order valence-corrected chi connectivity index (χ4v) is 4.03. The number of likely N-dealkylation sites (tertiary alicyclic amines) is 1. The van der Waals surface area contributed by atoms with Gasteiger partial charge in [-0.1, -0.05) is 0 Å². The van der Waals surface area contributed by atoms with Gasteiger partial charge in [0.25, 0.3) is 5.91 Å². The largest absolute Gasteiger partial charge is 0.347 e. The van der Waals surface area contributed by atoms with Crippen molar-refractivity contribution in [1.29, 1.82) is 0 Å². The molecular weight excluding hydrogens is 326 g/mol. The zero-order valence-corrected chi connectivity index (χ0v) is 14.6. The highest BCUT2D eigenvalue weighted by Crippen LogP contribution is 2.32. The predicted molar refractivity (Wildman–Crippen MR) is 91.0 cm³/mol. The van der Waals surface area contributed by atoms with Crippen LogP contribution in [0.5, 0.6) is 0 Å². The molecule has 0 saturated carbocycles. The number of ether oxygens (including phenoxy) is 2. The van der Waals surface area contributed by atoms with Crippen molar-refractivity contribution in [2.24, 2.45) is 0 Å². The fraction of sp³-hybridized carbons (Fsp3) is 0.529. The zero-order valence-electron chi connectivity index (χ0n) is 13.7. The summed E-state index contributed by atoms with van der Waals surface area (Å²) in [6.45, 7) is 5.30. The molecule has 0 aliphatic carbocycles. The number of hydrogen-bond donors (Lipinski definition) is 0. The third-order valence-electron chi connectivity index (χ3n) is 4.74. The molecule has 2 aliphatic rings. The van der Waals surface area contributed by atoms with E-state index in [2.05, 4.69) is 10.5 Å². The van der Waals surface area contributed by atoms with E-state index in [-0.39, 0.29) is 5.91 Å². The Bertz CT molecular complexity index is 710. The van der Waals surface area contributed by atoms with Gasteiger partial charge in [-0.15, -0.1) is 0 Å². The Labute approximate surface area is 145 Å². The molecule has 4 heterocycles. The van der Waals surface area contributed by atoms with Crippen molar-refractivity contribution in [3.63, 3.8) is 0 Å². The first-order valence-electron chi connectivity index (χ1n) is 8.38. The fourth-order valence-electron chi connectivity index (χ4n) is 3.38. The van der Waals surface area contributed by atoms with Crippen LogP contribution in [0.3, 0.4) is 0 Å². The monoisotopic (exact) mass is 347 g/mol. The number of rotatable bonds is 3. The molecule has 2 aromatic heterocycles. The standard InChI is InChI=1S/C17H21N3O3S/c1-2-20-15(11-14(18-20)13-3-10-24-12-13)16(21)19-6-4-17(5-7-19)22-8-9-23-17/h3,10-12H,2,4-9H2,1H3. The van der Waals surface area contributed by atoms with Gasteiger partial charge in [0.1, 0.15) is 5.69 Å². The predicted octanol–water partition coefficient (Wildman–Crippen LogP) is 2.61. The molecule has 0 unspecified atom stereocenters. The van der Waals surface area contributed by atoms with Crippen molar-refractivity contribution >= 4 is 17.2 Å². The quantitative estimate of drug-likeness (QED) is 0.856. The molecule has 0 radical (unpaired) electrons. The maximum Gasteiger partial charge on any atom is 0.272 e. The van der Waals surface area contributed by atoms with E-state index in [9.17, 15) is 4.79 Å². The van der Waals surface area contributed by atoms with Gasteiger partial charge in [-0.2, -0.15) is 16.4 Å². The van der Waals surface area contributed by atoms with Gasteiger partial charge in [0.2, 0.25) is 0 Å². The molecule has 6 nitrogen and oxygen atoms in total. The van der Waals surface area contributed by atoms with Crippen molar-refractivity contribution in [2.45, 2.75) is 32.1 Å². The molecule has 2 aromatic rings. The highest BCUT2D eigenvalue weighted by molar-refractivity contribution is 7.08. The zero-order chi connectivity index (χ0) is 16.6. The summed E-state index contributed by atoms with van der Waals surface area (Å²) in [4.78, 5) is 14.8. The first-order valence-corrected chi connectivity index (χ1v) is 9.33. The summed E-state index contributed by atoms with van der Waals surface area (Å²) in [6.07, 6.45) is 1.47. The van der Waals surface area contributed by atoms with E-state index in [4.69, 9.17) is 9.47 Å². The summed E-state index contributed by atoms with van der Waals surface area (Å²) in [5.41, 5.74) is 2.58. The molecule has 1 spiro atoms. The second-order valence-corrected chi connectivity index (χ2v) is 6.92. The van der Waals surface area contributed by atoms with Crippen LogP contribution < -0.4 is 0 Å². The van der Waals surface area contributed by atoms with Crippen LogP contribution in [0.25, 0.3) is 11.3 Å². The molecule has 2 fully saturated rings. The molecule has 7 heteroatoms. The van der Waals surface area contributed by atoms with Gasteiger partial charge in [-0.05, 0) is 24.4 Å². The van der Waals surface area contributed by atoms with Crippen LogP contribution in [0, 0.1) is 0 Å². The minimum Gasteiger partial charge on any atom is -0.347 e. The van der Waals surface area contributed by atoms with E-state index in [1.54, 1.807) is 16.0 Å². The van der Waals surface area contributed by atoms with Crippen LogP contribution in [-0.2, 0) is 16.0 Å². The summed E-state index contributed by atoms with van der Waals surface area (Å²) in [7, 11) is 0. The van der Waals surface area contributed by atoms with Crippen LogP contribution in [0.15, 0.2) is 22.9 Å². The Balaban J connectivity index is 1.52. The normalized spacial score (nSPS) is 20.0. The number of piperidine rings is 1. The van der Waals surface area contributed by atoms with Crippen molar-refractivity contribution in [3.05, 3.63) is 28.6 Å². The summed E-state index contributed by atoms with van der Waals surface area (Å²) in [5, 5.41) is 8.66. The van der Waals surface area contributed by atoms with E-state index in [0.29, 0.717) is 38.5 Å². The first kappa shape index (κ1) is 15.8. The smallest absolute Gasteiger partial charge is 0.272 e. The van der Waals surface area contributed by atoms with Gasteiger partial charge in [0.15, 0.2) is 5.79 Å². The lowest BCUT2D eigenvalue weighted by atomic mass is 10.0. The number of thiophene rings is 1. The Morgan fingerprint density at radius 2 is 2.08 bits per heavy atom. The molecular formula is C17H21N3O3S. The molecule has 0 bridgehead atoms. The molecule has 4 rings (SSSR count). The van der Waals surface area contributed by atoms with E-state index >= 15 is 0 Å². The topological polar surface area (TPSA) is 56.6 Å². The molecule has 2 saturated heterocycles. The molecule has 0 N–H and O–H groups in total. The SMILES string of the molecule is CCn1nc(-c2ccsc2)cc1C(=O)N1CCC2(CC1)OCCO2. The Morgan fingerprint density at radius 3 is 2.71 bits per heavy atom. The average molecular weight is 347 g/mol. The molecule has 0 atom stereocenters. The lowest BCUT2D eigenvalue weighted by molar-refractivity contribution is -0.181. The number of carbonyl (C=O) groups is 1. The second-order valence-electron chi connectivity index (χ2n) is 6.14. The first-order chi connectivity index (χ1) is 11.7. The second kappa shape index (κ2) is 6.31. The summed E-state index contributed by atoms with van der Waals surface area (Å²) in [5.74, 6) is -0.414. The van der Waals surface area contributed by atoms with Crippen LogP contribution in [-0.4, -0.2) is 52.7 Å². The van der Waals surface area contributed by atoms with Gasteiger partial charge < -0.3 is 14.4 Å². The Kier molecular flexibility index (Phi) is 4.15. The summed E-state index contributed by atoms with van der Waals surface area (Å²) in [6, 6.07) is 3.93. The maximum atomic E-state index is 13.0. The Morgan fingerprint density at radius 1 is 1.33 bits per heavy atom. The summed E-state index contributed by atoms with van der Waals surface area (Å²) < 4.78 is 13.3. The van der Waals surface area contributed by atoms with Crippen molar-refractivity contribution in [2.75, 3.05) is 26.3 Å². The van der Waals surface area contributed by atoms with Crippen molar-refractivity contribution in [1.82, 2.24) is 14.7 Å². The van der Waals surface area contributed by atoms with Crippen LogP contribution in [0.2, 0.25) is 0 Å². The van der Waals surface area contributed by atoms with E-state index in [1.807, 2.05) is 29.3 Å². The van der Waals surface area contributed by atoms with E-state index in [0.717, 1.165) is 24.1 Å². The minimum absolute atomic E-state index is 0.0404. The lowest BCUT2D eigenvalue weighted by Gasteiger charge is -2.37. The molecule has 2 aliphatic heterocycles. The van der Waals surface area contributed by atoms with Gasteiger partial charge in [-0.3, -0.25) is 9.48 Å². The molecule has 1 amide bonds. The third kappa shape index (κ3) is 2.76. The molecule has 0 aromatic carbocycles. The maximum absolute atomic E-state index is 13.0. The number of aryl methyl sites for hydroxylation is 1. The number of hydrogen-bond acceptors (Lipinski definition) is 5. The van der Waals surface area contributed by atoms with Gasteiger partial charge in [0, 0.05) is 43.4 Å². The van der Waals surface area contributed by atoms with Gasteiger partial charge >= 0.3 is 0 Å². The van der Waals surface area contributed by atoms with Gasteiger partial charge in [-0.25, -0.2) is 0 Å². The van der Waals surface area contributed by atoms with Gasteiger partial charge in [0.05, 0.1) is 18.9 Å². The minimum atomic E-state index is -0.455. The van der Waals surface area contributed by atoms with Crippen LogP contribution in [0.4, 0.5) is 0 Å². The third-order valence-corrected chi connectivity index (χ3v) is 5.42. The highest BCUT2D eigenvalue weighted by atomic mass is 32.1. The Hall–Kier alpha value is -1.70. The highest BCUT2D eigenvalue weighted by Gasteiger charge is 2.41. The van der Waals surface area contributed by atoms with Crippen LogP contribution in [0.1, 0.15) is 30.3 Å². The van der Waals surface area contributed by atoms with E-state index in [1.165, 1.54) is 0 Å². The average Bonchev–Trinajstić information content (AvgIpc) is 3.35. The van der Waals surface area contributed by atoms with Crippen LogP contribution >= 0.6 is 11.3 Å². The van der Waals surface area contributed by atoms with Crippen molar-refractivity contribution < 1.29 is 14.3 Å². The summed E-state index contributed by atoms with van der Waals surface area (Å²) >= 11 is 1.63. The number of carbonyl (C=O) groups excluding carboxylic acids is 1. The molecule has 24 heavy (non-hydrogen) atoms. The number of aromatic nitrogens is 2. The number of amides is 1. The van der Waals surface area contributed by atoms with Crippen molar-refractivity contribution in [3.8, 4) is 11.3 Å². The molecule has 128 valence electrons. The lowest BCUT2D eigenvalue weighted by Crippen LogP contribution is -2.47. The number of nitrogens with zero attached hydrogens (tertiary/aromatic N) is 3. The van der Waals surface area contributed by atoms with E-state index < -0.39 is 5.79 Å².